The van der Waals surface area contributed by atoms with E-state index in [1.807, 2.05) is 0 Å². The quantitative estimate of drug-likeness (QED) is 0.597. The van der Waals surface area contributed by atoms with Crippen molar-refractivity contribution in [1.29, 1.82) is 0 Å². The molecule has 0 bridgehead atoms. The Morgan fingerprint density at radius 2 is 1.94 bits per heavy atom. The monoisotopic (exact) mass is 446 g/mol. The Morgan fingerprint density at radius 3 is 2.52 bits per heavy atom. The van der Waals surface area contributed by atoms with Crippen LogP contribution in [0.4, 0.5) is 10.1 Å². The highest BCUT2D eigenvalue weighted by molar-refractivity contribution is 7.92. The van der Waals surface area contributed by atoms with Crippen molar-refractivity contribution in [3.05, 3.63) is 47.8 Å². The van der Waals surface area contributed by atoms with Gasteiger partial charge in [-0.3, -0.25) is 9.10 Å². The number of nitrogens with zero attached hydrogens (tertiary/aromatic N) is 1. The maximum absolute atomic E-state index is 13.4. The lowest BCUT2D eigenvalue weighted by Crippen LogP contribution is -2.30. The van der Waals surface area contributed by atoms with Crippen molar-refractivity contribution in [1.82, 2.24) is 5.32 Å². The van der Waals surface area contributed by atoms with E-state index in [0.29, 0.717) is 28.0 Å². The summed E-state index contributed by atoms with van der Waals surface area (Å²) < 4.78 is 51.6. The van der Waals surface area contributed by atoms with Crippen LogP contribution < -0.4 is 14.4 Å². The first-order valence-corrected chi connectivity index (χ1v) is 11.4. The zero-order chi connectivity index (χ0) is 22.3. The van der Waals surface area contributed by atoms with Crippen molar-refractivity contribution in [2.24, 2.45) is 5.92 Å². The number of amides is 1. The van der Waals surface area contributed by atoms with Gasteiger partial charge in [-0.05, 0) is 49.1 Å². The molecule has 7 nitrogen and oxygen atoms in total. The van der Waals surface area contributed by atoms with Gasteiger partial charge < -0.3 is 14.5 Å². The van der Waals surface area contributed by atoms with E-state index >= 15 is 0 Å². The molecule has 1 N–H and O–H groups in total. The first-order chi connectivity index (χ1) is 14.7. The normalized spacial score (nSPS) is 13.9. The number of hydrogen-bond donors (Lipinski definition) is 1. The molecule has 9 heteroatoms. The third-order valence-electron chi connectivity index (χ3n) is 5.45. The molecule has 1 fully saturated rings. The SMILES string of the molecule is CNC(=O)c1c(-c2ccc(F)cc2)oc2cc(N(C)S(=O)(=O)CC3CC3)c(OC)cc12. The lowest BCUT2D eigenvalue weighted by Gasteiger charge is -2.21. The van der Waals surface area contributed by atoms with Gasteiger partial charge in [0.25, 0.3) is 5.91 Å². The molecule has 0 aliphatic heterocycles. The molecule has 2 aromatic carbocycles. The van der Waals surface area contributed by atoms with Gasteiger partial charge in [-0.15, -0.1) is 0 Å². The first kappa shape index (κ1) is 21.2. The Bertz CT molecular complexity index is 1250. The van der Waals surface area contributed by atoms with Crippen molar-refractivity contribution in [3.8, 4) is 17.1 Å². The Labute approximate surface area is 179 Å². The second-order valence-electron chi connectivity index (χ2n) is 7.60. The van der Waals surface area contributed by atoms with Crippen LogP contribution in [0, 0.1) is 11.7 Å². The van der Waals surface area contributed by atoms with E-state index in [9.17, 15) is 17.6 Å². The van der Waals surface area contributed by atoms with E-state index < -0.39 is 15.8 Å². The Balaban J connectivity index is 1.89. The maximum Gasteiger partial charge on any atom is 0.255 e. The standard InChI is InChI=1S/C22H23FN2O5S/c1-24-22(26)20-16-10-19(29-3)17(25(2)31(27,28)12-13-4-5-13)11-18(16)30-21(20)14-6-8-15(23)9-7-14/h6-11,13H,4-5,12H2,1-3H3,(H,24,26). The molecule has 3 aromatic rings. The van der Waals surface area contributed by atoms with Gasteiger partial charge in [-0.25, -0.2) is 12.8 Å². The predicted molar refractivity (Wildman–Crippen MR) is 116 cm³/mol. The summed E-state index contributed by atoms with van der Waals surface area (Å²) in [7, 11) is 0.872. The van der Waals surface area contributed by atoms with E-state index in [2.05, 4.69) is 5.32 Å². The zero-order valence-corrected chi connectivity index (χ0v) is 18.3. The van der Waals surface area contributed by atoms with Gasteiger partial charge in [0.05, 0.1) is 24.1 Å². The molecule has 31 heavy (non-hydrogen) atoms. The third-order valence-corrected chi connectivity index (χ3v) is 7.37. The molecule has 1 saturated carbocycles. The van der Waals surface area contributed by atoms with Crippen LogP contribution in [-0.4, -0.2) is 41.3 Å². The second-order valence-corrected chi connectivity index (χ2v) is 9.65. The zero-order valence-electron chi connectivity index (χ0n) is 17.4. The largest absolute Gasteiger partial charge is 0.495 e. The fourth-order valence-corrected chi connectivity index (χ4v) is 5.12. The number of carbonyl (C=O) groups excluding carboxylic acids is 1. The number of sulfonamides is 1. The highest BCUT2D eigenvalue weighted by atomic mass is 32.2. The first-order valence-electron chi connectivity index (χ1n) is 9.84. The summed E-state index contributed by atoms with van der Waals surface area (Å²) in [4.78, 5) is 12.7. The highest BCUT2D eigenvalue weighted by Crippen LogP contribution is 2.41. The number of furan rings is 1. The van der Waals surface area contributed by atoms with Gasteiger partial charge >= 0.3 is 0 Å². The number of anilines is 1. The number of rotatable bonds is 7. The molecular formula is C22H23FN2O5S. The van der Waals surface area contributed by atoms with Crippen LogP contribution in [0.3, 0.4) is 0 Å². The molecule has 1 aliphatic rings. The summed E-state index contributed by atoms with van der Waals surface area (Å²) in [5.41, 5.74) is 1.42. The highest BCUT2D eigenvalue weighted by Gasteiger charge is 2.32. The van der Waals surface area contributed by atoms with Crippen LogP contribution in [0.15, 0.2) is 40.8 Å². The van der Waals surface area contributed by atoms with E-state index in [-0.39, 0.29) is 28.9 Å². The number of fused-ring (bicyclic) bond motifs is 1. The summed E-state index contributed by atoms with van der Waals surface area (Å²) in [6, 6.07) is 8.74. The minimum atomic E-state index is -3.54. The van der Waals surface area contributed by atoms with Crippen LogP contribution in [0.5, 0.6) is 5.75 Å². The molecule has 1 amide bonds. The molecule has 1 heterocycles. The summed E-state index contributed by atoms with van der Waals surface area (Å²) in [5.74, 6) is 0.0295. The minimum Gasteiger partial charge on any atom is -0.495 e. The fourth-order valence-electron chi connectivity index (χ4n) is 3.52. The molecule has 164 valence electrons. The number of halogens is 1. The second kappa shape index (κ2) is 7.88. The smallest absolute Gasteiger partial charge is 0.255 e. The van der Waals surface area contributed by atoms with E-state index in [1.54, 1.807) is 12.1 Å². The average molecular weight is 447 g/mol. The van der Waals surface area contributed by atoms with Gasteiger partial charge in [0.15, 0.2) is 0 Å². The lowest BCUT2D eigenvalue weighted by molar-refractivity contribution is 0.0964. The minimum absolute atomic E-state index is 0.0766. The Hall–Kier alpha value is -3.07. The van der Waals surface area contributed by atoms with E-state index in [4.69, 9.17) is 9.15 Å². The maximum atomic E-state index is 13.4. The summed E-state index contributed by atoms with van der Waals surface area (Å²) in [6.07, 6.45) is 1.83. The average Bonchev–Trinajstić information content (AvgIpc) is 3.48. The van der Waals surface area contributed by atoms with Gasteiger partial charge in [0.1, 0.15) is 22.9 Å². The fraction of sp³-hybridized carbons (Fsp3) is 0.318. The van der Waals surface area contributed by atoms with Crippen molar-refractivity contribution in [3.63, 3.8) is 0 Å². The van der Waals surface area contributed by atoms with Crippen LogP contribution in [0.1, 0.15) is 23.2 Å². The number of hydrogen-bond acceptors (Lipinski definition) is 5. The van der Waals surface area contributed by atoms with Gasteiger partial charge in [0, 0.05) is 31.1 Å². The van der Waals surface area contributed by atoms with Crippen molar-refractivity contribution < 1.29 is 26.8 Å². The van der Waals surface area contributed by atoms with Crippen LogP contribution in [0.2, 0.25) is 0 Å². The number of carbonyl (C=O) groups is 1. The van der Waals surface area contributed by atoms with Gasteiger partial charge in [0.2, 0.25) is 10.0 Å². The van der Waals surface area contributed by atoms with Crippen LogP contribution >= 0.6 is 0 Å². The topological polar surface area (TPSA) is 88.9 Å². The van der Waals surface area contributed by atoms with E-state index in [0.717, 1.165) is 12.8 Å². The number of ether oxygens (including phenoxy) is 1. The molecule has 4 rings (SSSR count). The van der Waals surface area contributed by atoms with Gasteiger partial charge in [-0.2, -0.15) is 0 Å². The number of methoxy groups -OCH3 is 1. The van der Waals surface area contributed by atoms with Crippen molar-refractivity contribution >= 4 is 32.6 Å². The Kier molecular flexibility index (Phi) is 5.38. The molecule has 1 aliphatic carbocycles. The summed E-state index contributed by atoms with van der Waals surface area (Å²) in [6.45, 7) is 0. The molecule has 1 aromatic heterocycles. The predicted octanol–water partition coefficient (Wildman–Crippen LogP) is 3.78. The van der Waals surface area contributed by atoms with Crippen molar-refractivity contribution in [2.75, 3.05) is 31.3 Å². The summed E-state index contributed by atoms with van der Waals surface area (Å²) in [5, 5.41) is 3.05. The molecule has 0 spiro atoms. The lowest BCUT2D eigenvalue weighted by atomic mass is 10.0. The Morgan fingerprint density at radius 1 is 1.26 bits per heavy atom. The summed E-state index contributed by atoms with van der Waals surface area (Å²) >= 11 is 0. The number of nitrogens with one attached hydrogen (secondary N) is 1. The number of benzene rings is 2. The third kappa shape index (κ3) is 3.97. The van der Waals surface area contributed by atoms with Gasteiger partial charge in [-0.1, -0.05) is 0 Å². The molecule has 0 atom stereocenters. The van der Waals surface area contributed by atoms with Crippen LogP contribution in [0.25, 0.3) is 22.3 Å². The molecule has 0 unspecified atom stereocenters. The molecular weight excluding hydrogens is 423 g/mol. The van der Waals surface area contributed by atoms with Crippen molar-refractivity contribution in [2.45, 2.75) is 12.8 Å². The van der Waals surface area contributed by atoms with E-state index in [1.165, 1.54) is 49.8 Å². The molecule has 0 saturated heterocycles. The molecule has 0 radical (unpaired) electrons. The van der Waals surface area contributed by atoms with Crippen LogP contribution in [-0.2, 0) is 10.0 Å².